The normalized spacial score (nSPS) is 13.6. The first-order valence-corrected chi connectivity index (χ1v) is 10.3. The van der Waals surface area contributed by atoms with Gasteiger partial charge in [-0.1, -0.05) is 49.7 Å². The minimum Gasteiger partial charge on any atom is -0.355 e. The molecule has 0 bridgehead atoms. The summed E-state index contributed by atoms with van der Waals surface area (Å²) < 4.78 is 0. The highest BCUT2D eigenvalue weighted by molar-refractivity contribution is 7.99. The van der Waals surface area contributed by atoms with Gasteiger partial charge in [0, 0.05) is 18.0 Å². The second kappa shape index (κ2) is 9.03. The fourth-order valence-corrected chi connectivity index (χ4v) is 3.44. The number of carbonyl (C=O) groups excluding carboxylic acids is 2. The summed E-state index contributed by atoms with van der Waals surface area (Å²) in [7, 11) is 0. The second-order valence-electron chi connectivity index (χ2n) is 6.62. The molecule has 1 aromatic carbocycles. The molecular formula is C20H25N3O2S. The first-order chi connectivity index (χ1) is 12.7. The number of thioether (sulfide) groups is 1. The van der Waals surface area contributed by atoms with E-state index >= 15 is 0 Å². The largest absolute Gasteiger partial charge is 0.355 e. The number of amides is 2. The van der Waals surface area contributed by atoms with Crippen molar-refractivity contribution in [1.29, 1.82) is 0 Å². The molecule has 1 aromatic heterocycles. The van der Waals surface area contributed by atoms with E-state index in [1.165, 1.54) is 11.8 Å². The number of fused-ring (bicyclic) bond motifs is 1. The van der Waals surface area contributed by atoms with Gasteiger partial charge in [0.25, 0.3) is 5.91 Å². The Kier molecular flexibility index (Phi) is 6.50. The third-order valence-electron chi connectivity index (χ3n) is 4.30. The molecule has 0 unspecified atom stereocenters. The number of rotatable bonds is 9. The summed E-state index contributed by atoms with van der Waals surface area (Å²) in [6.07, 6.45) is 5.37. The Bertz CT molecular complexity index is 790. The fourth-order valence-electron chi connectivity index (χ4n) is 2.70. The number of nitrogens with zero attached hydrogens (tertiary/aromatic N) is 1. The van der Waals surface area contributed by atoms with Gasteiger partial charge in [-0.25, -0.2) is 4.98 Å². The summed E-state index contributed by atoms with van der Waals surface area (Å²) in [5.74, 6) is 0.253. The molecule has 1 aliphatic carbocycles. The number of pyridine rings is 1. The third kappa shape index (κ3) is 5.21. The van der Waals surface area contributed by atoms with Crippen LogP contribution in [0, 0.1) is 0 Å². The van der Waals surface area contributed by atoms with Crippen molar-refractivity contribution in [1.82, 2.24) is 15.6 Å². The highest BCUT2D eigenvalue weighted by atomic mass is 32.2. The molecule has 138 valence electrons. The summed E-state index contributed by atoms with van der Waals surface area (Å²) in [5, 5.41) is 7.52. The Morgan fingerprint density at radius 3 is 2.81 bits per heavy atom. The first kappa shape index (κ1) is 18.7. The Morgan fingerprint density at radius 1 is 1.23 bits per heavy atom. The van der Waals surface area contributed by atoms with Gasteiger partial charge in [0.2, 0.25) is 5.91 Å². The van der Waals surface area contributed by atoms with Gasteiger partial charge in [0.1, 0.15) is 0 Å². The van der Waals surface area contributed by atoms with Crippen molar-refractivity contribution in [2.75, 3.05) is 12.3 Å². The van der Waals surface area contributed by atoms with E-state index in [4.69, 9.17) is 0 Å². The van der Waals surface area contributed by atoms with Crippen LogP contribution in [0.5, 0.6) is 0 Å². The molecule has 0 saturated heterocycles. The van der Waals surface area contributed by atoms with Gasteiger partial charge in [-0.05, 0) is 31.4 Å². The summed E-state index contributed by atoms with van der Waals surface area (Å²) in [6, 6.07) is 9.74. The molecule has 0 atom stereocenters. The SMILES string of the molecule is CCCCCNC(=O)CSc1cc(C(=O)NC2CC2)c2ccccc2n1. The van der Waals surface area contributed by atoms with Crippen LogP contribution in [-0.2, 0) is 4.79 Å². The van der Waals surface area contributed by atoms with Crippen molar-refractivity contribution < 1.29 is 9.59 Å². The van der Waals surface area contributed by atoms with Crippen molar-refractivity contribution in [3.63, 3.8) is 0 Å². The topological polar surface area (TPSA) is 71.1 Å². The van der Waals surface area contributed by atoms with Crippen molar-refractivity contribution in [2.24, 2.45) is 0 Å². The van der Waals surface area contributed by atoms with Crippen LogP contribution in [0.2, 0.25) is 0 Å². The molecule has 2 amide bonds. The molecule has 6 heteroatoms. The number of para-hydroxylation sites is 1. The molecule has 26 heavy (non-hydrogen) atoms. The minimum atomic E-state index is -0.0584. The number of hydrogen-bond donors (Lipinski definition) is 2. The predicted molar refractivity (Wildman–Crippen MR) is 105 cm³/mol. The Hall–Kier alpha value is -2.08. The van der Waals surface area contributed by atoms with E-state index in [0.717, 1.165) is 43.0 Å². The average molecular weight is 372 g/mol. The van der Waals surface area contributed by atoms with E-state index in [0.29, 0.717) is 28.9 Å². The van der Waals surface area contributed by atoms with Gasteiger partial charge in [-0.2, -0.15) is 0 Å². The van der Waals surface area contributed by atoms with Crippen LogP contribution in [0.1, 0.15) is 49.4 Å². The van der Waals surface area contributed by atoms with E-state index in [9.17, 15) is 9.59 Å². The summed E-state index contributed by atoms with van der Waals surface area (Å²) in [4.78, 5) is 29.1. The molecule has 0 spiro atoms. The Labute approximate surface area is 158 Å². The van der Waals surface area contributed by atoms with Gasteiger partial charge in [0.05, 0.1) is 21.9 Å². The van der Waals surface area contributed by atoms with E-state index in [1.54, 1.807) is 6.07 Å². The minimum absolute atomic E-state index is 0.00467. The summed E-state index contributed by atoms with van der Waals surface area (Å²) in [6.45, 7) is 2.85. The molecule has 0 radical (unpaired) electrons. The highest BCUT2D eigenvalue weighted by Crippen LogP contribution is 2.26. The zero-order valence-corrected chi connectivity index (χ0v) is 15.9. The monoisotopic (exact) mass is 371 g/mol. The molecule has 1 saturated carbocycles. The smallest absolute Gasteiger partial charge is 0.252 e. The fraction of sp³-hybridized carbons (Fsp3) is 0.450. The van der Waals surface area contributed by atoms with Crippen molar-refractivity contribution in [2.45, 2.75) is 50.1 Å². The molecule has 1 aliphatic rings. The maximum Gasteiger partial charge on any atom is 0.252 e. The van der Waals surface area contributed by atoms with Gasteiger partial charge in [0.15, 0.2) is 0 Å². The zero-order valence-electron chi connectivity index (χ0n) is 15.1. The number of aromatic nitrogens is 1. The van der Waals surface area contributed by atoms with Crippen LogP contribution in [0.25, 0.3) is 10.9 Å². The number of carbonyl (C=O) groups is 2. The van der Waals surface area contributed by atoms with Crippen LogP contribution in [0.15, 0.2) is 35.4 Å². The van der Waals surface area contributed by atoms with Gasteiger partial charge < -0.3 is 10.6 Å². The van der Waals surface area contributed by atoms with Crippen molar-refractivity contribution >= 4 is 34.5 Å². The average Bonchev–Trinajstić information content (AvgIpc) is 3.46. The van der Waals surface area contributed by atoms with Crippen molar-refractivity contribution in [3.05, 3.63) is 35.9 Å². The maximum atomic E-state index is 12.6. The van der Waals surface area contributed by atoms with Crippen LogP contribution in [0.4, 0.5) is 0 Å². The third-order valence-corrected chi connectivity index (χ3v) is 5.21. The summed E-state index contributed by atoms with van der Waals surface area (Å²) >= 11 is 1.37. The summed E-state index contributed by atoms with van der Waals surface area (Å²) in [5.41, 5.74) is 1.41. The molecule has 1 heterocycles. The Morgan fingerprint density at radius 2 is 2.04 bits per heavy atom. The van der Waals surface area contributed by atoms with E-state index in [-0.39, 0.29) is 11.8 Å². The molecule has 5 nitrogen and oxygen atoms in total. The number of unbranched alkanes of at least 4 members (excludes halogenated alkanes) is 2. The zero-order chi connectivity index (χ0) is 18.4. The molecule has 2 aromatic rings. The number of nitrogens with one attached hydrogen (secondary N) is 2. The van der Waals surface area contributed by atoms with E-state index in [2.05, 4.69) is 22.5 Å². The van der Waals surface area contributed by atoms with Crippen LogP contribution in [-0.4, -0.2) is 35.1 Å². The lowest BCUT2D eigenvalue weighted by Crippen LogP contribution is -2.26. The van der Waals surface area contributed by atoms with Gasteiger partial charge >= 0.3 is 0 Å². The number of hydrogen-bond acceptors (Lipinski definition) is 4. The van der Waals surface area contributed by atoms with E-state index in [1.807, 2.05) is 24.3 Å². The van der Waals surface area contributed by atoms with Crippen molar-refractivity contribution in [3.8, 4) is 0 Å². The lowest BCUT2D eigenvalue weighted by Gasteiger charge is -2.10. The van der Waals surface area contributed by atoms with Gasteiger partial charge in [-0.3, -0.25) is 9.59 Å². The van der Waals surface area contributed by atoms with Crippen LogP contribution < -0.4 is 10.6 Å². The quantitative estimate of drug-likeness (QED) is 0.523. The van der Waals surface area contributed by atoms with Crippen LogP contribution >= 0.6 is 11.8 Å². The molecule has 0 aliphatic heterocycles. The molecule has 3 rings (SSSR count). The molecule has 2 N–H and O–H groups in total. The lowest BCUT2D eigenvalue weighted by molar-refractivity contribution is -0.118. The molecule has 1 fully saturated rings. The highest BCUT2D eigenvalue weighted by Gasteiger charge is 2.25. The second-order valence-corrected chi connectivity index (χ2v) is 7.61. The Balaban J connectivity index is 1.68. The van der Waals surface area contributed by atoms with E-state index < -0.39 is 0 Å². The van der Waals surface area contributed by atoms with Crippen LogP contribution in [0.3, 0.4) is 0 Å². The predicted octanol–water partition coefficient (Wildman–Crippen LogP) is 3.53. The lowest BCUT2D eigenvalue weighted by atomic mass is 10.1. The van der Waals surface area contributed by atoms with Gasteiger partial charge in [-0.15, -0.1) is 0 Å². The molecular weight excluding hydrogens is 346 g/mol. The maximum absolute atomic E-state index is 12.6. The standard InChI is InChI=1S/C20H25N3O2S/c1-2-3-6-11-21-18(24)13-26-19-12-16(20(25)22-14-9-10-14)15-7-4-5-8-17(15)23-19/h4-5,7-8,12,14H,2-3,6,9-11,13H2,1H3,(H,21,24)(H,22,25). The number of benzene rings is 1. The first-order valence-electron chi connectivity index (χ1n) is 9.27.